The number of benzene rings is 1. The van der Waals surface area contributed by atoms with Crippen LogP contribution in [0.15, 0.2) is 30.3 Å². The fourth-order valence-corrected chi connectivity index (χ4v) is 2.79. The standard InChI is InChI=1S/C14H17NO3/c1-10(11-5-3-2-4-6-11)15-8-7-12-14(9-16,18-12)13(15)17/h2-6,10,12,16H,7-9H2,1H3/t10-,12-,14-/m0/s1. The maximum atomic E-state index is 12.4. The van der Waals surface area contributed by atoms with Gasteiger partial charge in [0.2, 0.25) is 0 Å². The van der Waals surface area contributed by atoms with E-state index in [0.29, 0.717) is 6.54 Å². The highest BCUT2D eigenvalue weighted by molar-refractivity contribution is 5.90. The predicted molar refractivity (Wildman–Crippen MR) is 65.9 cm³/mol. The SMILES string of the molecule is C[C@@H](c1ccccc1)N1CC[C@@H]2O[C@]2(CO)C1=O. The van der Waals surface area contributed by atoms with E-state index < -0.39 is 5.60 Å². The predicted octanol–water partition coefficient (Wildman–Crippen LogP) is 1.11. The summed E-state index contributed by atoms with van der Waals surface area (Å²) in [7, 11) is 0. The van der Waals surface area contributed by atoms with Crippen LogP contribution in [0.2, 0.25) is 0 Å². The third kappa shape index (κ3) is 1.56. The maximum Gasteiger partial charge on any atom is 0.260 e. The van der Waals surface area contributed by atoms with E-state index in [2.05, 4.69) is 0 Å². The number of carbonyl (C=O) groups excluding carboxylic acids is 1. The number of rotatable bonds is 3. The quantitative estimate of drug-likeness (QED) is 0.814. The molecule has 0 aliphatic carbocycles. The van der Waals surface area contributed by atoms with Gasteiger partial charge in [0.25, 0.3) is 5.91 Å². The van der Waals surface area contributed by atoms with E-state index in [1.54, 1.807) is 0 Å². The number of amides is 1. The van der Waals surface area contributed by atoms with Gasteiger partial charge in [-0.2, -0.15) is 0 Å². The number of hydrogen-bond donors (Lipinski definition) is 1. The van der Waals surface area contributed by atoms with Crippen molar-refractivity contribution in [3.05, 3.63) is 35.9 Å². The summed E-state index contributed by atoms with van der Waals surface area (Å²) in [5.74, 6) is -0.0717. The summed E-state index contributed by atoms with van der Waals surface area (Å²) in [4.78, 5) is 14.2. The van der Waals surface area contributed by atoms with E-state index in [4.69, 9.17) is 4.74 Å². The van der Waals surface area contributed by atoms with E-state index in [9.17, 15) is 9.90 Å². The third-order valence-corrected chi connectivity index (χ3v) is 4.05. The van der Waals surface area contributed by atoms with E-state index in [0.717, 1.165) is 12.0 Å². The number of piperidine rings is 1. The highest BCUT2D eigenvalue weighted by Gasteiger charge is 2.66. The molecule has 2 heterocycles. The first-order valence-corrected chi connectivity index (χ1v) is 6.34. The van der Waals surface area contributed by atoms with Gasteiger partial charge in [0.05, 0.1) is 12.6 Å². The number of hydrogen-bond acceptors (Lipinski definition) is 3. The Morgan fingerprint density at radius 2 is 2.22 bits per heavy atom. The van der Waals surface area contributed by atoms with Crippen molar-refractivity contribution in [3.8, 4) is 0 Å². The van der Waals surface area contributed by atoms with E-state index in [1.165, 1.54) is 0 Å². The van der Waals surface area contributed by atoms with Crippen LogP contribution in [0.4, 0.5) is 0 Å². The minimum atomic E-state index is -0.929. The minimum absolute atomic E-state index is 0.0206. The van der Waals surface area contributed by atoms with Gasteiger partial charge < -0.3 is 14.7 Å². The van der Waals surface area contributed by atoms with E-state index in [1.807, 2.05) is 42.2 Å². The summed E-state index contributed by atoms with van der Waals surface area (Å²) in [5, 5.41) is 9.36. The van der Waals surface area contributed by atoms with E-state index >= 15 is 0 Å². The molecule has 1 aromatic rings. The summed E-state index contributed by atoms with van der Waals surface area (Å²) in [6.45, 7) is 2.50. The molecule has 1 amide bonds. The number of aliphatic hydroxyl groups is 1. The number of aliphatic hydroxyl groups excluding tert-OH is 1. The molecule has 0 saturated carbocycles. The lowest BCUT2D eigenvalue weighted by molar-refractivity contribution is -0.141. The Kier molecular flexibility index (Phi) is 2.64. The normalized spacial score (nSPS) is 32.0. The second-order valence-corrected chi connectivity index (χ2v) is 5.03. The molecule has 18 heavy (non-hydrogen) atoms. The van der Waals surface area contributed by atoms with Gasteiger partial charge in [0.1, 0.15) is 6.10 Å². The van der Waals surface area contributed by atoms with Crippen molar-refractivity contribution in [1.82, 2.24) is 4.90 Å². The van der Waals surface area contributed by atoms with Crippen molar-refractivity contribution in [1.29, 1.82) is 0 Å². The van der Waals surface area contributed by atoms with Crippen LogP contribution in [-0.4, -0.2) is 40.8 Å². The molecule has 2 aliphatic heterocycles. The molecule has 0 aromatic heterocycles. The average molecular weight is 247 g/mol. The van der Waals surface area contributed by atoms with Crippen LogP contribution < -0.4 is 0 Å². The third-order valence-electron chi connectivity index (χ3n) is 4.05. The van der Waals surface area contributed by atoms with Crippen LogP contribution in [0, 0.1) is 0 Å². The number of nitrogens with zero attached hydrogens (tertiary/aromatic N) is 1. The first-order chi connectivity index (χ1) is 8.69. The van der Waals surface area contributed by atoms with Gasteiger partial charge in [-0.3, -0.25) is 4.79 Å². The number of ether oxygens (including phenoxy) is 1. The van der Waals surface area contributed by atoms with Crippen LogP contribution in [0.25, 0.3) is 0 Å². The zero-order chi connectivity index (χ0) is 12.8. The number of epoxide rings is 1. The molecule has 4 heteroatoms. The monoisotopic (exact) mass is 247 g/mol. The summed E-state index contributed by atoms with van der Waals surface area (Å²) < 4.78 is 5.40. The molecule has 0 bridgehead atoms. The molecule has 4 nitrogen and oxygen atoms in total. The van der Waals surface area contributed by atoms with Crippen LogP contribution in [-0.2, 0) is 9.53 Å². The molecule has 96 valence electrons. The molecule has 0 unspecified atom stereocenters. The number of likely N-dealkylation sites (tertiary alicyclic amines) is 1. The number of fused-ring (bicyclic) bond motifs is 1. The van der Waals surface area contributed by atoms with Gasteiger partial charge in [-0.25, -0.2) is 0 Å². The van der Waals surface area contributed by atoms with Crippen molar-refractivity contribution in [2.24, 2.45) is 0 Å². The van der Waals surface area contributed by atoms with Gasteiger partial charge >= 0.3 is 0 Å². The van der Waals surface area contributed by atoms with Crippen molar-refractivity contribution in [2.45, 2.75) is 31.1 Å². The highest BCUT2D eigenvalue weighted by Crippen LogP contribution is 2.45. The first-order valence-electron chi connectivity index (χ1n) is 6.34. The molecule has 0 radical (unpaired) electrons. The Balaban J connectivity index is 1.83. The summed E-state index contributed by atoms with van der Waals surface area (Å²) >= 11 is 0. The minimum Gasteiger partial charge on any atom is -0.393 e. The van der Waals surface area contributed by atoms with Gasteiger partial charge in [-0.15, -0.1) is 0 Å². The Morgan fingerprint density at radius 3 is 2.89 bits per heavy atom. The van der Waals surface area contributed by atoms with Gasteiger partial charge in [0, 0.05) is 6.54 Å². The Hall–Kier alpha value is -1.39. The molecule has 1 N–H and O–H groups in total. The Morgan fingerprint density at radius 1 is 1.50 bits per heavy atom. The second-order valence-electron chi connectivity index (χ2n) is 5.03. The molecule has 2 fully saturated rings. The van der Waals surface area contributed by atoms with Gasteiger partial charge in [0.15, 0.2) is 5.60 Å². The molecule has 1 aromatic carbocycles. The molecular formula is C14H17NO3. The largest absolute Gasteiger partial charge is 0.393 e. The van der Waals surface area contributed by atoms with Crippen LogP contribution in [0.5, 0.6) is 0 Å². The first kappa shape index (κ1) is 11.7. The van der Waals surface area contributed by atoms with Crippen molar-refractivity contribution < 1.29 is 14.6 Å². The highest BCUT2D eigenvalue weighted by atomic mass is 16.6. The zero-order valence-electron chi connectivity index (χ0n) is 10.4. The van der Waals surface area contributed by atoms with Crippen molar-refractivity contribution in [3.63, 3.8) is 0 Å². The smallest absolute Gasteiger partial charge is 0.260 e. The van der Waals surface area contributed by atoms with Gasteiger partial charge in [-0.1, -0.05) is 30.3 Å². The van der Waals surface area contributed by atoms with E-state index in [-0.39, 0.29) is 24.7 Å². The maximum absolute atomic E-state index is 12.4. The lowest BCUT2D eigenvalue weighted by Gasteiger charge is -2.34. The molecule has 0 spiro atoms. The van der Waals surface area contributed by atoms with Crippen molar-refractivity contribution >= 4 is 5.91 Å². The Bertz CT molecular complexity index is 461. The number of carbonyl (C=O) groups is 1. The van der Waals surface area contributed by atoms with Crippen LogP contribution in [0.3, 0.4) is 0 Å². The summed E-state index contributed by atoms with van der Waals surface area (Å²) in [6, 6.07) is 9.96. The lowest BCUT2D eigenvalue weighted by atomic mass is 9.95. The zero-order valence-corrected chi connectivity index (χ0v) is 10.4. The van der Waals surface area contributed by atoms with Gasteiger partial charge in [-0.05, 0) is 18.9 Å². The molecule has 2 saturated heterocycles. The molecule has 3 rings (SSSR count). The molecule has 3 atom stereocenters. The lowest BCUT2D eigenvalue weighted by Crippen LogP contribution is -2.50. The topological polar surface area (TPSA) is 53.1 Å². The summed E-state index contributed by atoms with van der Waals surface area (Å²) in [6.07, 6.45) is 0.734. The fraction of sp³-hybridized carbons (Fsp3) is 0.500. The Labute approximate surface area is 106 Å². The van der Waals surface area contributed by atoms with Crippen molar-refractivity contribution in [2.75, 3.05) is 13.2 Å². The molecule has 2 aliphatic rings. The fourth-order valence-electron chi connectivity index (χ4n) is 2.79. The summed E-state index contributed by atoms with van der Waals surface area (Å²) in [5.41, 5.74) is 0.180. The molecular weight excluding hydrogens is 230 g/mol. The second kappa shape index (κ2) is 4.07. The average Bonchev–Trinajstić information content (AvgIpc) is 3.16. The van der Waals surface area contributed by atoms with Crippen LogP contribution in [0.1, 0.15) is 24.9 Å². The van der Waals surface area contributed by atoms with Crippen LogP contribution >= 0.6 is 0 Å².